The Kier molecular flexibility index (Phi) is 7.91. The van der Waals surface area contributed by atoms with Crippen LogP contribution in [0.3, 0.4) is 0 Å². The number of benzene rings is 4. The maximum atomic E-state index is 13.6. The van der Waals surface area contributed by atoms with Gasteiger partial charge in [-0.15, -0.1) is 0 Å². The molecule has 1 saturated heterocycles. The number of carbonyl (C=O) groups excluding carboxylic acids is 1. The number of amides is 1. The summed E-state index contributed by atoms with van der Waals surface area (Å²) >= 11 is 0. The van der Waals surface area contributed by atoms with Crippen LogP contribution in [0.5, 0.6) is 0 Å². The summed E-state index contributed by atoms with van der Waals surface area (Å²) in [5.41, 5.74) is 10.9. The van der Waals surface area contributed by atoms with E-state index in [9.17, 15) is 13.6 Å². The summed E-state index contributed by atoms with van der Waals surface area (Å²) < 4.78 is 27.1. The highest BCUT2D eigenvalue weighted by atomic mass is 19.1. The normalized spacial score (nSPS) is 17.4. The fourth-order valence-corrected chi connectivity index (χ4v) is 5.17. The first-order valence-corrected chi connectivity index (χ1v) is 12.9. The molecule has 0 unspecified atom stereocenters. The highest BCUT2D eigenvalue weighted by molar-refractivity contribution is 5.97. The van der Waals surface area contributed by atoms with E-state index >= 15 is 0 Å². The molecule has 1 aliphatic heterocycles. The summed E-state index contributed by atoms with van der Waals surface area (Å²) in [4.78, 5) is 15.8. The van der Waals surface area contributed by atoms with E-state index in [0.717, 1.165) is 41.8 Å². The van der Waals surface area contributed by atoms with Gasteiger partial charge < -0.3 is 11.1 Å². The molecule has 0 saturated carbocycles. The maximum absolute atomic E-state index is 13.6. The van der Waals surface area contributed by atoms with Gasteiger partial charge in [-0.05, 0) is 89.2 Å². The van der Waals surface area contributed by atoms with E-state index in [4.69, 9.17) is 5.73 Å². The van der Waals surface area contributed by atoms with Crippen molar-refractivity contribution in [1.82, 2.24) is 10.2 Å². The Morgan fingerprint density at radius 3 is 1.95 bits per heavy atom. The third-order valence-corrected chi connectivity index (χ3v) is 7.22. The van der Waals surface area contributed by atoms with Gasteiger partial charge in [0.05, 0.1) is 0 Å². The summed E-state index contributed by atoms with van der Waals surface area (Å²) in [6.45, 7) is 2.85. The van der Waals surface area contributed by atoms with Crippen LogP contribution in [0.1, 0.15) is 22.3 Å². The predicted molar refractivity (Wildman–Crippen MR) is 147 cm³/mol. The fraction of sp³-hybridized carbons (Fsp3) is 0.219. The monoisotopic (exact) mass is 511 g/mol. The SMILES string of the molecule is NC[C@@H]1C[C@@H](CNC(=O)c2cc(-c3ccc(F)cc3)cc(-c3ccc(F)cc3)c2)N(Cc2ccccc2)C1. The molecule has 0 aliphatic carbocycles. The minimum atomic E-state index is -0.325. The highest BCUT2D eigenvalue weighted by Gasteiger charge is 2.31. The number of carbonyl (C=O) groups is 1. The Morgan fingerprint density at radius 2 is 1.39 bits per heavy atom. The molecule has 4 aromatic rings. The molecule has 5 rings (SSSR count). The minimum absolute atomic E-state index is 0.185. The van der Waals surface area contributed by atoms with E-state index in [2.05, 4.69) is 22.3 Å². The molecular formula is C32H31F2N3O. The van der Waals surface area contributed by atoms with Gasteiger partial charge >= 0.3 is 0 Å². The lowest BCUT2D eigenvalue weighted by Crippen LogP contribution is -2.39. The number of halogens is 2. The zero-order valence-electron chi connectivity index (χ0n) is 21.1. The van der Waals surface area contributed by atoms with Crippen LogP contribution in [0.25, 0.3) is 22.3 Å². The molecular weight excluding hydrogens is 480 g/mol. The van der Waals surface area contributed by atoms with Gasteiger partial charge in [-0.25, -0.2) is 8.78 Å². The average molecular weight is 512 g/mol. The van der Waals surface area contributed by atoms with Gasteiger partial charge in [0.1, 0.15) is 11.6 Å². The molecule has 0 radical (unpaired) electrons. The lowest BCUT2D eigenvalue weighted by molar-refractivity contribution is 0.0940. The summed E-state index contributed by atoms with van der Waals surface area (Å²) in [5, 5.41) is 3.14. The van der Waals surface area contributed by atoms with Crippen LogP contribution < -0.4 is 11.1 Å². The molecule has 6 heteroatoms. The topological polar surface area (TPSA) is 58.4 Å². The smallest absolute Gasteiger partial charge is 0.251 e. The van der Waals surface area contributed by atoms with E-state index in [1.54, 1.807) is 24.3 Å². The van der Waals surface area contributed by atoms with Crippen LogP contribution >= 0.6 is 0 Å². The standard InChI is InChI=1S/C32H31F2N3O/c33-29-10-6-24(7-11-29)26-15-27(25-8-12-30(34)13-9-25)17-28(16-26)32(38)36-19-31-14-23(18-35)21-37(31)20-22-4-2-1-3-5-22/h1-13,15-17,23,31H,14,18-21,35H2,(H,36,38)/t23-,31-/m0/s1. The van der Waals surface area contributed by atoms with Crippen LogP contribution in [0.15, 0.2) is 97.1 Å². The maximum Gasteiger partial charge on any atom is 0.251 e. The van der Waals surface area contributed by atoms with Gasteiger partial charge in [-0.1, -0.05) is 54.6 Å². The first-order chi connectivity index (χ1) is 18.5. The van der Waals surface area contributed by atoms with E-state index in [-0.39, 0.29) is 23.6 Å². The van der Waals surface area contributed by atoms with Gasteiger partial charge in [-0.3, -0.25) is 9.69 Å². The molecule has 38 heavy (non-hydrogen) atoms. The second-order valence-corrected chi connectivity index (χ2v) is 9.93. The first-order valence-electron chi connectivity index (χ1n) is 12.9. The minimum Gasteiger partial charge on any atom is -0.350 e. The second kappa shape index (κ2) is 11.7. The third-order valence-electron chi connectivity index (χ3n) is 7.22. The Morgan fingerprint density at radius 1 is 0.816 bits per heavy atom. The summed E-state index contributed by atoms with van der Waals surface area (Å²) in [6.07, 6.45) is 0.931. The van der Waals surface area contributed by atoms with E-state index in [1.807, 2.05) is 36.4 Å². The zero-order valence-corrected chi connectivity index (χ0v) is 21.1. The van der Waals surface area contributed by atoms with Gasteiger partial charge in [0.15, 0.2) is 0 Å². The molecule has 1 aliphatic rings. The number of nitrogens with zero attached hydrogens (tertiary/aromatic N) is 1. The van der Waals surface area contributed by atoms with Gasteiger partial charge in [0, 0.05) is 31.2 Å². The number of likely N-dealkylation sites (tertiary alicyclic amines) is 1. The van der Waals surface area contributed by atoms with Crippen molar-refractivity contribution in [3.8, 4) is 22.3 Å². The van der Waals surface area contributed by atoms with Crippen LogP contribution in [-0.4, -0.2) is 36.5 Å². The van der Waals surface area contributed by atoms with Crippen molar-refractivity contribution in [3.63, 3.8) is 0 Å². The van der Waals surface area contributed by atoms with Crippen LogP contribution in [0.2, 0.25) is 0 Å². The van der Waals surface area contributed by atoms with Crippen molar-refractivity contribution < 1.29 is 13.6 Å². The van der Waals surface area contributed by atoms with Crippen LogP contribution in [0.4, 0.5) is 8.78 Å². The lowest BCUT2D eigenvalue weighted by Gasteiger charge is -2.25. The summed E-state index contributed by atoms with van der Waals surface area (Å²) in [6, 6.07) is 28.4. The molecule has 3 N–H and O–H groups in total. The number of nitrogens with one attached hydrogen (secondary N) is 1. The molecule has 4 nitrogen and oxygen atoms in total. The van der Waals surface area contributed by atoms with Crippen molar-refractivity contribution >= 4 is 5.91 Å². The number of hydrogen-bond donors (Lipinski definition) is 2. The number of hydrogen-bond acceptors (Lipinski definition) is 3. The molecule has 0 bridgehead atoms. The number of rotatable bonds is 8. The van der Waals surface area contributed by atoms with Crippen molar-refractivity contribution in [2.75, 3.05) is 19.6 Å². The predicted octanol–water partition coefficient (Wildman–Crippen LogP) is 5.88. The molecule has 2 atom stereocenters. The molecule has 1 amide bonds. The first kappa shape index (κ1) is 25.8. The van der Waals surface area contributed by atoms with Crippen molar-refractivity contribution in [3.05, 3.63) is 120 Å². The fourth-order valence-electron chi connectivity index (χ4n) is 5.17. The Labute approximate surface area is 222 Å². The number of nitrogens with two attached hydrogens (primary N) is 1. The van der Waals surface area contributed by atoms with E-state index in [0.29, 0.717) is 24.6 Å². The Balaban J connectivity index is 1.38. The van der Waals surface area contributed by atoms with Crippen molar-refractivity contribution in [2.45, 2.75) is 19.0 Å². The molecule has 0 spiro atoms. The van der Waals surface area contributed by atoms with E-state index < -0.39 is 0 Å². The lowest BCUT2D eigenvalue weighted by atomic mass is 9.95. The summed E-state index contributed by atoms with van der Waals surface area (Å²) in [7, 11) is 0. The Hall–Kier alpha value is -3.87. The molecule has 1 heterocycles. The second-order valence-electron chi connectivity index (χ2n) is 9.93. The van der Waals surface area contributed by atoms with Crippen molar-refractivity contribution in [2.24, 2.45) is 11.7 Å². The highest BCUT2D eigenvalue weighted by Crippen LogP contribution is 2.29. The largest absolute Gasteiger partial charge is 0.350 e. The molecule has 0 aromatic heterocycles. The molecule has 4 aromatic carbocycles. The van der Waals surface area contributed by atoms with Crippen LogP contribution in [-0.2, 0) is 6.54 Å². The average Bonchev–Trinajstić information content (AvgIpc) is 3.34. The summed E-state index contributed by atoms with van der Waals surface area (Å²) in [5.74, 6) is -0.441. The molecule has 1 fully saturated rings. The van der Waals surface area contributed by atoms with Gasteiger partial charge in [0.25, 0.3) is 5.91 Å². The molecule has 194 valence electrons. The third kappa shape index (κ3) is 6.15. The van der Waals surface area contributed by atoms with E-state index in [1.165, 1.54) is 29.8 Å². The van der Waals surface area contributed by atoms with Crippen LogP contribution in [0, 0.1) is 17.6 Å². The van der Waals surface area contributed by atoms with Gasteiger partial charge in [0.2, 0.25) is 0 Å². The Bertz CT molecular complexity index is 1310. The van der Waals surface area contributed by atoms with Crippen molar-refractivity contribution in [1.29, 1.82) is 0 Å². The zero-order chi connectivity index (χ0) is 26.5. The quantitative estimate of drug-likeness (QED) is 0.311. The van der Waals surface area contributed by atoms with Gasteiger partial charge in [-0.2, -0.15) is 0 Å².